The second-order valence-electron chi connectivity index (χ2n) is 5.49. The first-order valence-corrected chi connectivity index (χ1v) is 7.84. The molecule has 0 radical (unpaired) electrons. The molecule has 0 unspecified atom stereocenters. The second-order valence-corrected chi connectivity index (χ2v) is 5.49. The summed E-state index contributed by atoms with van der Waals surface area (Å²) in [6, 6.07) is 10.6. The van der Waals surface area contributed by atoms with Crippen LogP contribution < -0.4 is 9.47 Å². The molecule has 7 nitrogen and oxygen atoms in total. The second kappa shape index (κ2) is 6.36. The number of ether oxygens (including phenoxy) is 2. The summed E-state index contributed by atoms with van der Waals surface area (Å²) in [5.74, 6) is 2.30. The lowest BCUT2D eigenvalue weighted by Crippen LogP contribution is -1.91. The summed E-state index contributed by atoms with van der Waals surface area (Å²) in [5.41, 5.74) is 1.99. The van der Waals surface area contributed by atoms with Gasteiger partial charge in [0.1, 0.15) is 17.2 Å². The molecule has 4 rings (SSSR count). The lowest BCUT2D eigenvalue weighted by molar-refractivity contribution is 0.340. The molecule has 0 aliphatic carbocycles. The summed E-state index contributed by atoms with van der Waals surface area (Å²) in [5, 5.41) is 10.1. The normalized spacial score (nSPS) is 10.8. The van der Waals surface area contributed by atoms with Crippen molar-refractivity contribution in [1.29, 1.82) is 0 Å². The number of phenolic OH excluding ortho intramolecular Hbond substituents is 1. The Kier molecular flexibility index (Phi) is 3.89. The Morgan fingerprint density at radius 2 is 1.58 bits per heavy atom. The zero-order valence-corrected chi connectivity index (χ0v) is 14.1. The average Bonchev–Trinajstić information content (AvgIpc) is 3.41. The number of phenols is 1. The smallest absolute Gasteiger partial charge is 0.200 e. The van der Waals surface area contributed by atoms with Crippen molar-refractivity contribution >= 4 is 0 Å². The predicted molar refractivity (Wildman–Crippen MR) is 94.2 cm³/mol. The summed E-state index contributed by atoms with van der Waals surface area (Å²) in [4.78, 5) is 7.91. The largest absolute Gasteiger partial charge is 0.502 e. The van der Waals surface area contributed by atoms with Gasteiger partial charge in [0, 0.05) is 5.56 Å². The Labute approximate surface area is 148 Å². The minimum Gasteiger partial charge on any atom is -0.502 e. The Morgan fingerprint density at radius 3 is 2.12 bits per heavy atom. The first-order valence-electron chi connectivity index (χ1n) is 7.84. The van der Waals surface area contributed by atoms with E-state index in [-0.39, 0.29) is 17.2 Å². The van der Waals surface area contributed by atoms with E-state index in [2.05, 4.69) is 9.97 Å². The molecule has 0 aliphatic rings. The fraction of sp³-hybridized carbons (Fsp3) is 0.105. The zero-order valence-electron chi connectivity index (χ0n) is 14.1. The van der Waals surface area contributed by atoms with Crippen LogP contribution in [0, 0.1) is 0 Å². The summed E-state index contributed by atoms with van der Waals surface area (Å²) < 4.78 is 21.5. The van der Waals surface area contributed by atoms with E-state index in [0.29, 0.717) is 34.3 Å². The van der Waals surface area contributed by atoms with Crippen LogP contribution in [0.4, 0.5) is 0 Å². The molecule has 2 N–H and O–H groups in total. The number of hydrogen-bond acceptors (Lipinski definition) is 6. The van der Waals surface area contributed by atoms with Gasteiger partial charge in [-0.3, -0.25) is 0 Å². The summed E-state index contributed by atoms with van der Waals surface area (Å²) in [7, 11) is 2.95. The third-order valence-electron chi connectivity index (χ3n) is 3.98. The van der Waals surface area contributed by atoms with Crippen LogP contribution in [0.5, 0.6) is 17.2 Å². The number of nitrogens with one attached hydrogen (secondary N) is 1. The van der Waals surface area contributed by atoms with E-state index in [4.69, 9.17) is 18.3 Å². The molecule has 0 saturated heterocycles. The monoisotopic (exact) mass is 352 g/mol. The van der Waals surface area contributed by atoms with Gasteiger partial charge in [0.25, 0.3) is 0 Å². The van der Waals surface area contributed by atoms with Gasteiger partial charge in [0.15, 0.2) is 23.0 Å². The van der Waals surface area contributed by atoms with Gasteiger partial charge in [0.05, 0.1) is 26.7 Å². The van der Waals surface area contributed by atoms with E-state index < -0.39 is 0 Å². The maximum atomic E-state index is 10.1. The van der Waals surface area contributed by atoms with Crippen molar-refractivity contribution in [3.63, 3.8) is 0 Å². The third-order valence-corrected chi connectivity index (χ3v) is 3.98. The predicted octanol–water partition coefficient (Wildman–Crippen LogP) is 4.32. The molecule has 0 fully saturated rings. The van der Waals surface area contributed by atoms with Gasteiger partial charge in [-0.05, 0) is 36.4 Å². The first-order chi connectivity index (χ1) is 12.7. The SMILES string of the molecule is COc1cc(-c2nc(-c3ccco3)c(-c3ccco3)[nH]2)cc(OC)c1O. The molecule has 0 spiro atoms. The maximum absolute atomic E-state index is 10.1. The number of hydrogen-bond donors (Lipinski definition) is 2. The summed E-state index contributed by atoms with van der Waals surface area (Å²) >= 11 is 0. The minimum absolute atomic E-state index is 0.0668. The van der Waals surface area contributed by atoms with Crippen molar-refractivity contribution in [3.05, 3.63) is 48.9 Å². The lowest BCUT2D eigenvalue weighted by Gasteiger charge is -2.10. The highest BCUT2D eigenvalue weighted by molar-refractivity contribution is 5.78. The van der Waals surface area contributed by atoms with Crippen molar-refractivity contribution in [2.24, 2.45) is 0 Å². The molecule has 0 bridgehead atoms. The van der Waals surface area contributed by atoms with Crippen LogP contribution in [0.25, 0.3) is 34.3 Å². The number of furan rings is 2. The van der Waals surface area contributed by atoms with Crippen LogP contribution in [0.1, 0.15) is 0 Å². The van der Waals surface area contributed by atoms with Gasteiger partial charge in [-0.1, -0.05) is 0 Å². The molecular weight excluding hydrogens is 336 g/mol. The van der Waals surface area contributed by atoms with E-state index >= 15 is 0 Å². The van der Waals surface area contributed by atoms with E-state index in [1.165, 1.54) is 14.2 Å². The highest BCUT2D eigenvalue weighted by atomic mass is 16.5. The van der Waals surface area contributed by atoms with Crippen LogP contribution in [-0.4, -0.2) is 29.3 Å². The third kappa shape index (κ3) is 2.59. The molecule has 0 amide bonds. The highest BCUT2D eigenvalue weighted by Crippen LogP contribution is 2.41. The maximum Gasteiger partial charge on any atom is 0.200 e. The Balaban J connectivity index is 1.90. The number of nitrogens with zero attached hydrogens (tertiary/aromatic N) is 1. The molecule has 3 aromatic heterocycles. The van der Waals surface area contributed by atoms with Crippen LogP contribution in [-0.2, 0) is 0 Å². The standard InChI is InChI=1S/C19H16N2O5/c1-23-14-9-11(10-15(24-2)18(14)22)19-20-16(12-5-3-7-25-12)17(21-19)13-6-4-8-26-13/h3-10,22H,1-2H3,(H,20,21). The van der Waals surface area contributed by atoms with Crippen molar-refractivity contribution in [2.45, 2.75) is 0 Å². The van der Waals surface area contributed by atoms with Crippen molar-refractivity contribution in [1.82, 2.24) is 9.97 Å². The number of benzene rings is 1. The van der Waals surface area contributed by atoms with E-state index in [0.717, 1.165) is 0 Å². The Bertz CT molecular complexity index is 940. The molecule has 0 aliphatic heterocycles. The highest BCUT2D eigenvalue weighted by Gasteiger charge is 2.21. The molecule has 0 atom stereocenters. The average molecular weight is 352 g/mol. The summed E-state index contributed by atoms with van der Waals surface area (Å²) in [6.07, 6.45) is 3.18. The summed E-state index contributed by atoms with van der Waals surface area (Å²) in [6.45, 7) is 0. The van der Waals surface area contributed by atoms with Crippen LogP contribution >= 0.6 is 0 Å². The van der Waals surface area contributed by atoms with Gasteiger partial charge in [-0.15, -0.1) is 0 Å². The fourth-order valence-corrected chi connectivity index (χ4v) is 2.73. The van der Waals surface area contributed by atoms with Crippen molar-refractivity contribution in [3.8, 4) is 51.5 Å². The molecular formula is C19H16N2O5. The van der Waals surface area contributed by atoms with Gasteiger partial charge in [-0.2, -0.15) is 0 Å². The number of H-pyrrole nitrogens is 1. The quantitative estimate of drug-likeness (QED) is 0.555. The number of rotatable bonds is 5. The molecule has 0 saturated carbocycles. The fourth-order valence-electron chi connectivity index (χ4n) is 2.73. The van der Waals surface area contributed by atoms with Crippen LogP contribution in [0.15, 0.2) is 57.8 Å². The number of imidazole rings is 1. The molecule has 7 heteroatoms. The molecule has 3 heterocycles. The molecule has 26 heavy (non-hydrogen) atoms. The van der Waals surface area contributed by atoms with E-state index in [1.54, 1.807) is 36.8 Å². The van der Waals surface area contributed by atoms with Gasteiger partial charge >= 0.3 is 0 Å². The topological polar surface area (TPSA) is 93.7 Å². The van der Waals surface area contributed by atoms with E-state index in [1.807, 2.05) is 12.1 Å². The molecule has 132 valence electrons. The number of aromatic nitrogens is 2. The van der Waals surface area contributed by atoms with Crippen LogP contribution in [0.2, 0.25) is 0 Å². The first kappa shape index (κ1) is 15.9. The number of methoxy groups -OCH3 is 2. The lowest BCUT2D eigenvalue weighted by atomic mass is 10.1. The van der Waals surface area contributed by atoms with Crippen molar-refractivity contribution < 1.29 is 23.4 Å². The van der Waals surface area contributed by atoms with Gasteiger partial charge in [-0.25, -0.2) is 4.98 Å². The zero-order chi connectivity index (χ0) is 18.1. The van der Waals surface area contributed by atoms with Gasteiger partial charge < -0.3 is 28.4 Å². The number of aromatic amines is 1. The molecule has 4 aromatic rings. The minimum atomic E-state index is -0.0668. The Hall–Kier alpha value is -3.61. The number of aromatic hydroxyl groups is 1. The van der Waals surface area contributed by atoms with Crippen molar-refractivity contribution in [2.75, 3.05) is 14.2 Å². The Morgan fingerprint density at radius 1 is 0.962 bits per heavy atom. The van der Waals surface area contributed by atoms with Crippen LogP contribution in [0.3, 0.4) is 0 Å². The molecule has 1 aromatic carbocycles. The van der Waals surface area contributed by atoms with Gasteiger partial charge in [0.2, 0.25) is 5.75 Å². The van der Waals surface area contributed by atoms with E-state index in [9.17, 15) is 5.11 Å².